The average molecular weight is 544 g/mol. The van der Waals surface area contributed by atoms with E-state index in [1.807, 2.05) is 4.90 Å². The molecule has 1 amide bonds. The van der Waals surface area contributed by atoms with Crippen molar-refractivity contribution in [2.75, 3.05) is 33.7 Å². The van der Waals surface area contributed by atoms with Gasteiger partial charge in [0.25, 0.3) is 15.9 Å². The second kappa shape index (κ2) is 9.78. The van der Waals surface area contributed by atoms with Crippen molar-refractivity contribution in [1.29, 1.82) is 0 Å². The van der Waals surface area contributed by atoms with E-state index in [2.05, 4.69) is 0 Å². The Morgan fingerprint density at radius 2 is 1.51 bits per heavy atom. The van der Waals surface area contributed by atoms with Crippen LogP contribution in [0.2, 0.25) is 5.02 Å². The molecule has 0 bridgehead atoms. The first-order valence-electron chi connectivity index (χ1n) is 11.2. The van der Waals surface area contributed by atoms with Crippen LogP contribution < -0.4 is 0 Å². The van der Waals surface area contributed by atoms with Crippen LogP contribution in [0, 0.1) is 5.82 Å². The van der Waals surface area contributed by atoms with Crippen LogP contribution in [0.1, 0.15) is 30.7 Å². The standard InChI is InChI=1S/C23H27ClFN3O5S2/c1-26(2)34(30,31)18-4-6-19(7-5-18)35(32,33)28-14-11-22(23(28)29)27-12-9-16(10-13-27)20-8-3-17(24)15-21(20)25/h3-8,15-16,22H,9-14H2,1-2H3/t22-/m0/s1. The van der Waals surface area contributed by atoms with Crippen LogP contribution in [0.5, 0.6) is 0 Å². The maximum absolute atomic E-state index is 14.3. The third-order valence-electron chi connectivity index (χ3n) is 6.70. The number of piperidine rings is 1. The van der Waals surface area contributed by atoms with Crippen molar-refractivity contribution in [1.82, 2.24) is 13.5 Å². The Morgan fingerprint density at radius 3 is 2.09 bits per heavy atom. The number of hydrogen-bond donors (Lipinski definition) is 0. The molecule has 2 aromatic carbocycles. The van der Waals surface area contributed by atoms with E-state index < -0.39 is 32.0 Å². The first-order chi connectivity index (χ1) is 16.4. The maximum atomic E-state index is 14.3. The summed E-state index contributed by atoms with van der Waals surface area (Å²) in [5.74, 6) is -0.822. The third-order valence-corrected chi connectivity index (χ3v) is 10.6. The van der Waals surface area contributed by atoms with Crippen LogP contribution in [0.4, 0.5) is 4.39 Å². The molecule has 0 unspecified atom stereocenters. The Kier molecular flexibility index (Phi) is 7.27. The van der Waals surface area contributed by atoms with Crippen LogP contribution in [0.25, 0.3) is 0 Å². The van der Waals surface area contributed by atoms with Crippen LogP contribution in [-0.2, 0) is 24.8 Å². The van der Waals surface area contributed by atoms with E-state index in [1.165, 1.54) is 44.4 Å². The highest BCUT2D eigenvalue weighted by molar-refractivity contribution is 7.90. The molecular formula is C23H27ClFN3O5S2. The molecule has 1 atom stereocenters. The lowest BCUT2D eigenvalue weighted by molar-refractivity contribution is -0.128. The van der Waals surface area contributed by atoms with E-state index in [9.17, 15) is 26.0 Å². The zero-order chi connectivity index (χ0) is 25.5. The van der Waals surface area contributed by atoms with Gasteiger partial charge in [-0.05, 0) is 80.2 Å². The Balaban J connectivity index is 1.44. The van der Waals surface area contributed by atoms with Gasteiger partial charge in [0.05, 0.1) is 15.8 Å². The van der Waals surface area contributed by atoms with Gasteiger partial charge in [0.1, 0.15) is 5.82 Å². The fourth-order valence-electron chi connectivity index (χ4n) is 4.69. The van der Waals surface area contributed by atoms with E-state index in [0.29, 0.717) is 42.9 Å². The molecule has 0 aromatic heterocycles. The minimum Gasteiger partial charge on any atom is -0.292 e. The van der Waals surface area contributed by atoms with Gasteiger partial charge in [0.15, 0.2) is 0 Å². The SMILES string of the molecule is CN(C)S(=O)(=O)c1ccc(S(=O)(=O)N2CC[C@H](N3CCC(c4ccc(Cl)cc4F)CC3)C2=O)cc1. The molecule has 2 aromatic rings. The molecule has 2 aliphatic rings. The van der Waals surface area contributed by atoms with Gasteiger partial charge in [-0.2, -0.15) is 0 Å². The van der Waals surface area contributed by atoms with E-state index in [0.717, 1.165) is 8.61 Å². The van der Waals surface area contributed by atoms with Crippen molar-refractivity contribution >= 4 is 37.6 Å². The first-order valence-corrected chi connectivity index (χ1v) is 14.5. The van der Waals surface area contributed by atoms with Crippen LogP contribution in [0.3, 0.4) is 0 Å². The van der Waals surface area contributed by atoms with Crippen molar-refractivity contribution in [3.63, 3.8) is 0 Å². The van der Waals surface area contributed by atoms with E-state index >= 15 is 0 Å². The van der Waals surface area contributed by atoms with Gasteiger partial charge < -0.3 is 0 Å². The highest BCUT2D eigenvalue weighted by Gasteiger charge is 2.43. The van der Waals surface area contributed by atoms with E-state index in [1.54, 1.807) is 12.1 Å². The lowest BCUT2D eigenvalue weighted by Gasteiger charge is -2.35. The maximum Gasteiger partial charge on any atom is 0.266 e. The number of halogens is 2. The van der Waals surface area contributed by atoms with Gasteiger partial charge in [-0.15, -0.1) is 0 Å². The molecule has 190 valence electrons. The van der Waals surface area contributed by atoms with Crippen LogP contribution in [-0.4, -0.2) is 76.0 Å². The van der Waals surface area contributed by atoms with E-state index in [4.69, 9.17) is 11.6 Å². The molecule has 2 heterocycles. The summed E-state index contributed by atoms with van der Waals surface area (Å²) in [7, 11) is -5.05. The number of hydrogen-bond acceptors (Lipinski definition) is 6. The molecule has 35 heavy (non-hydrogen) atoms. The topological polar surface area (TPSA) is 95.1 Å². The second-order valence-corrected chi connectivity index (χ2v) is 13.4. The summed E-state index contributed by atoms with van der Waals surface area (Å²) in [5, 5.41) is 0.343. The van der Waals surface area contributed by atoms with Crippen molar-refractivity contribution in [3.8, 4) is 0 Å². The first kappa shape index (κ1) is 26.0. The molecule has 0 spiro atoms. The predicted octanol–water partition coefficient (Wildman–Crippen LogP) is 2.90. The number of rotatable bonds is 6. The lowest BCUT2D eigenvalue weighted by atomic mass is 9.88. The Hall–Kier alpha value is -2.05. The summed E-state index contributed by atoms with van der Waals surface area (Å²) in [5.41, 5.74) is 0.607. The van der Waals surface area contributed by atoms with Gasteiger partial charge in [-0.1, -0.05) is 17.7 Å². The number of amides is 1. The Morgan fingerprint density at radius 1 is 0.914 bits per heavy atom. The summed E-state index contributed by atoms with van der Waals surface area (Å²) >= 11 is 5.85. The molecule has 2 aliphatic heterocycles. The highest BCUT2D eigenvalue weighted by Crippen LogP contribution is 2.34. The number of carbonyl (C=O) groups is 1. The number of carbonyl (C=O) groups excluding carboxylic acids is 1. The van der Waals surface area contributed by atoms with Crippen molar-refractivity contribution < 1.29 is 26.0 Å². The molecule has 2 fully saturated rings. The van der Waals surface area contributed by atoms with Crippen molar-refractivity contribution in [2.24, 2.45) is 0 Å². The lowest BCUT2D eigenvalue weighted by Crippen LogP contribution is -2.46. The predicted molar refractivity (Wildman–Crippen MR) is 130 cm³/mol. The zero-order valence-corrected chi connectivity index (χ0v) is 21.8. The number of nitrogens with zero attached hydrogens (tertiary/aromatic N) is 3. The van der Waals surface area contributed by atoms with Gasteiger partial charge in [-0.25, -0.2) is 29.8 Å². The monoisotopic (exact) mass is 543 g/mol. The Labute approximate surface area is 210 Å². The summed E-state index contributed by atoms with van der Waals surface area (Å²) in [6.45, 7) is 1.15. The molecule has 12 heteroatoms. The number of sulfonamides is 2. The fraction of sp³-hybridized carbons (Fsp3) is 0.435. The summed E-state index contributed by atoms with van der Waals surface area (Å²) in [6, 6.07) is 8.96. The minimum absolute atomic E-state index is 0.0109. The summed E-state index contributed by atoms with van der Waals surface area (Å²) in [6.07, 6.45) is 1.67. The molecular weight excluding hydrogens is 517 g/mol. The molecule has 0 saturated carbocycles. The largest absolute Gasteiger partial charge is 0.292 e. The third kappa shape index (κ3) is 4.97. The van der Waals surface area contributed by atoms with Gasteiger partial charge >= 0.3 is 0 Å². The second-order valence-electron chi connectivity index (χ2n) is 8.95. The van der Waals surface area contributed by atoms with Crippen molar-refractivity contribution in [2.45, 2.75) is 41.0 Å². The number of likely N-dealkylation sites (tertiary alicyclic amines) is 1. The quantitative estimate of drug-likeness (QED) is 0.556. The fourth-order valence-corrected chi connectivity index (χ4v) is 7.19. The molecule has 2 saturated heterocycles. The van der Waals surface area contributed by atoms with Crippen LogP contribution >= 0.6 is 11.6 Å². The summed E-state index contributed by atoms with van der Waals surface area (Å²) in [4.78, 5) is 14.9. The summed E-state index contributed by atoms with van der Waals surface area (Å²) < 4.78 is 67.0. The Bertz CT molecular complexity index is 1330. The molecule has 0 aliphatic carbocycles. The van der Waals surface area contributed by atoms with Crippen LogP contribution in [0.15, 0.2) is 52.3 Å². The number of benzene rings is 2. The van der Waals surface area contributed by atoms with Crippen molar-refractivity contribution in [3.05, 3.63) is 58.9 Å². The van der Waals surface area contributed by atoms with Gasteiger partial charge in [0.2, 0.25) is 10.0 Å². The van der Waals surface area contributed by atoms with E-state index in [-0.39, 0.29) is 28.1 Å². The smallest absolute Gasteiger partial charge is 0.266 e. The molecule has 0 radical (unpaired) electrons. The molecule has 0 N–H and O–H groups in total. The molecule has 8 nitrogen and oxygen atoms in total. The average Bonchev–Trinajstić information content (AvgIpc) is 3.21. The van der Waals surface area contributed by atoms with Gasteiger partial charge in [-0.3, -0.25) is 9.69 Å². The van der Waals surface area contributed by atoms with Gasteiger partial charge in [0, 0.05) is 25.7 Å². The normalized spacial score (nSPS) is 20.7. The zero-order valence-electron chi connectivity index (χ0n) is 19.4. The minimum atomic E-state index is -4.12. The highest BCUT2D eigenvalue weighted by atomic mass is 35.5. The molecule has 4 rings (SSSR count).